The van der Waals surface area contributed by atoms with Crippen molar-refractivity contribution in [2.75, 3.05) is 18.0 Å². The van der Waals surface area contributed by atoms with Crippen LogP contribution in [0.2, 0.25) is 5.02 Å². The van der Waals surface area contributed by atoms with E-state index in [0.717, 1.165) is 19.4 Å². The molecule has 3 heterocycles. The van der Waals surface area contributed by atoms with Gasteiger partial charge in [-0.1, -0.05) is 28.9 Å². The van der Waals surface area contributed by atoms with Gasteiger partial charge >= 0.3 is 0 Å². The van der Waals surface area contributed by atoms with Crippen LogP contribution in [0.4, 0.5) is 5.82 Å². The lowest BCUT2D eigenvalue weighted by molar-refractivity contribution is -0.128. The molecule has 1 N–H and O–H groups in total. The highest BCUT2D eigenvalue weighted by Gasteiger charge is 2.40. The normalized spacial score (nSPS) is 20.4. The first-order chi connectivity index (χ1) is 14.4. The molecular formula is C22H23ClN4O3. The molecule has 2 aromatic rings. The van der Waals surface area contributed by atoms with Crippen LogP contribution in [-0.2, 0) is 9.63 Å². The Labute approximate surface area is 180 Å². The first kappa shape index (κ1) is 20.5. The lowest BCUT2D eigenvalue weighted by Gasteiger charge is -2.34. The van der Waals surface area contributed by atoms with Crippen LogP contribution < -0.4 is 10.2 Å². The average Bonchev–Trinajstić information content (AvgIpc) is 3.03. The molecule has 1 aromatic heterocycles. The van der Waals surface area contributed by atoms with Crippen LogP contribution in [0, 0.1) is 0 Å². The summed E-state index contributed by atoms with van der Waals surface area (Å²) < 4.78 is 0. The van der Waals surface area contributed by atoms with E-state index in [0.29, 0.717) is 28.5 Å². The van der Waals surface area contributed by atoms with Gasteiger partial charge in [-0.25, -0.2) is 4.98 Å². The summed E-state index contributed by atoms with van der Waals surface area (Å²) in [5.41, 5.74) is 0.394. The van der Waals surface area contributed by atoms with Gasteiger partial charge in [0.15, 0.2) is 17.1 Å². The summed E-state index contributed by atoms with van der Waals surface area (Å²) >= 11 is 6.38. The van der Waals surface area contributed by atoms with Crippen molar-refractivity contribution in [3.8, 4) is 0 Å². The number of hydrogen-bond acceptors (Lipinski definition) is 6. The maximum atomic E-state index is 13.5. The summed E-state index contributed by atoms with van der Waals surface area (Å²) in [5.74, 6) is 0.0799. The van der Waals surface area contributed by atoms with E-state index in [1.54, 1.807) is 61.3 Å². The fraction of sp³-hybridized carbons (Fsp3) is 0.364. The number of anilines is 1. The molecule has 0 aliphatic carbocycles. The van der Waals surface area contributed by atoms with Crippen molar-refractivity contribution < 1.29 is 14.4 Å². The number of piperidine rings is 1. The van der Waals surface area contributed by atoms with Crippen molar-refractivity contribution >= 4 is 34.8 Å². The highest BCUT2D eigenvalue weighted by Crippen LogP contribution is 2.29. The van der Waals surface area contributed by atoms with E-state index in [9.17, 15) is 9.59 Å². The summed E-state index contributed by atoms with van der Waals surface area (Å²) in [4.78, 5) is 37.2. The molecule has 8 heteroatoms. The number of amides is 1. The van der Waals surface area contributed by atoms with Crippen LogP contribution in [0.5, 0.6) is 0 Å². The number of Topliss-reactive ketones (excluding diaryl/α,β-unsaturated/α-hetero) is 1. The minimum atomic E-state index is -0.968. The molecule has 4 rings (SSSR count). The van der Waals surface area contributed by atoms with Gasteiger partial charge in [0.2, 0.25) is 5.78 Å². The Kier molecular flexibility index (Phi) is 5.58. The summed E-state index contributed by atoms with van der Waals surface area (Å²) in [5, 5.41) is 7.68. The number of oxime groups is 1. The SMILES string of the molecule is CC1(C)ON=C(c2ccc(C(=O)N(c3ncccc3Cl)C3CCCNC3)cc2)C1=O. The molecule has 2 aliphatic heterocycles. The van der Waals surface area contributed by atoms with Gasteiger partial charge in [0, 0.05) is 23.9 Å². The number of halogens is 1. The Morgan fingerprint density at radius 2 is 2.03 bits per heavy atom. The van der Waals surface area contributed by atoms with Gasteiger partial charge < -0.3 is 10.2 Å². The van der Waals surface area contributed by atoms with Crippen molar-refractivity contribution in [2.45, 2.75) is 38.3 Å². The Hall–Kier alpha value is -2.77. The predicted molar refractivity (Wildman–Crippen MR) is 115 cm³/mol. The van der Waals surface area contributed by atoms with E-state index in [1.165, 1.54) is 0 Å². The number of benzene rings is 1. The number of rotatable bonds is 4. The summed E-state index contributed by atoms with van der Waals surface area (Å²) in [7, 11) is 0. The Morgan fingerprint density at radius 1 is 1.27 bits per heavy atom. The van der Waals surface area contributed by atoms with Crippen LogP contribution in [0.1, 0.15) is 42.6 Å². The zero-order chi connectivity index (χ0) is 21.3. The molecule has 1 unspecified atom stereocenters. The van der Waals surface area contributed by atoms with Crippen molar-refractivity contribution in [3.05, 3.63) is 58.7 Å². The van der Waals surface area contributed by atoms with E-state index in [2.05, 4.69) is 15.5 Å². The second-order valence-electron chi connectivity index (χ2n) is 7.93. The van der Waals surface area contributed by atoms with Gasteiger partial charge in [-0.2, -0.15) is 0 Å². The topological polar surface area (TPSA) is 83.9 Å². The third kappa shape index (κ3) is 3.82. The Bertz CT molecular complexity index is 998. The smallest absolute Gasteiger partial charge is 0.259 e. The molecule has 0 spiro atoms. The third-order valence-electron chi connectivity index (χ3n) is 5.35. The van der Waals surface area contributed by atoms with E-state index in [-0.39, 0.29) is 23.4 Å². The standard InChI is InChI=1S/C22H23ClN4O3/c1-22(2)19(28)18(26-30-22)14-7-9-15(10-8-14)21(29)27(16-5-3-11-24-13-16)20-17(23)6-4-12-25-20/h4,6-10,12,16,24H,3,5,11,13H2,1-2H3. The summed E-state index contributed by atoms with van der Waals surface area (Å²) in [6.45, 7) is 4.96. The number of ketones is 1. The maximum absolute atomic E-state index is 13.5. The monoisotopic (exact) mass is 426 g/mol. The van der Waals surface area contributed by atoms with E-state index >= 15 is 0 Å². The van der Waals surface area contributed by atoms with Gasteiger partial charge in [-0.05, 0) is 57.5 Å². The lowest BCUT2D eigenvalue weighted by atomic mass is 9.95. The molecule has 0 bridgehead atoms. The molecule has 156 valence electrons. The van der Waals surface area contributed by atoms with Crippen molar-refractivity contribution in [3.63, 3.8) is 0 Å². The second-order valence-corrected chi connectivity index (χ2v) is 8.34. The molecule has 0 radical (unpaired) electrons. The zero-order valence-electron chi connectivity index (χ0n) is 16.9. The molecular weight excluding hydrogens is 404 g/mol. The van der Waals surface area contributed by atoms with Gasteiger partial charge in [-0.3, -0.25) is 14.5 Å². The molecule has 1 aromatic carbocycles. The minimum absolute atomic E-state index is 0.0479. The first-order valence-corrected chi connectivity index (χ1v) is 10.3. The van der Waals surface area contributed by atoms with Crippen LogP contribution in [0.15, 0.2) is 47.8 Å². The number of hydrogen-bond donors (Lipinski definition) is 1. The largest absolute Gasteiger partial charge is 0.381 e. The molecule has 30 heavy (non-hydrogen) atoms. The van der Waals surface area contributed by atoms with Crippen LogP contribution in [-0.4, -0.2) is 47.1 Å². The molecule has 0 saturated carbocycles. The minimum Gasteiger partial charge on any atom is -0.381 e. The summed E-state index contributed by atoms with van der Waals surface area (Å²) in [6.07, 6.45) is 3.46. The Balaban J connectivity index is 1.63. The number of pyridine rings is 1. The highest BCUT2D eigenvalue weighted by molar-refractivity contribution is 6.49. The third-order valence-corrected chi connectivity index (χ3v) is 5.65. The number of carbonyl (C=O) groups is 2. The zero-order valence-corrected chi connectivity index (χ0v) is 17.6. The van der Waals surface area contributed by atoms with Gasteiger partial charge in [0.25, 0.3) is 5.91 Å². The maximum Gasteiger partial charge on any atom is 0.259 e. The van der Waals surface area contributed by atoms with E-state index < -0.39 is 5.60 Å². The van der Waals surface area contributed by atoms with Crippen molar-refractivity contribution in [1.29, 1.82) is 0 Å². The van der Waals surface area contributed by atoms with Gasteiger partial charge in [-0.15, -0.1) is 0 Å². The van der Waals surface area contributed by atoms with Crippen LogP contribution in [0.25, 0.3) is 0 Å². The molecule has 7 nitrogen and oxygen atoms in total. The van der Waals surface area contributed by atoms with Crippen LogP contribution in [0.3, 0.4) is 0 Å². The summed E-state index contributed by atoms with van der Waals surface area (Å²) in [6, 6.07) is 10.2. The molecule has 1 amide bonds. The number of nitrogens with one attached hydrogen (secondary N) is 1. The first-order valence-electron chi connectivity index (χ1n) is 9.95. The molecule has 1 fully saturated rings. The van der Waals surface area contributed by atoms with E-state index in [4.69, 9.17) is 16.4 Å². The van der Waals surface area contributed by atoms with Crippen molar-refractivity contribution in [2.24, 2.45) is 5.16 Å². The van der Waals surface area contributed by atoms with Crippen molar-refractivity contribution in [1.82, 2.24) is 10.3 Å². The van der Waals surface area contributed by atoms with Gasteiger partial charge in [0.05, 0.1) is 11.1 Å². The fourth-order valence-corrected chi connectivity index (χ4v) is 3.88. The van der Waals surface area contributed by atoms with Gasteiger partial charge in [0.1, 0.15) is 0 Å². The lowest BCUT2D eigenvalue weighted by Crippen LogP contribution is -2.49. The fourth-order valence-electron chi connectivity index (χ4n) is 3.66. The molecule has 1 atom stereocenters. The molecule has 2 aliphatic rings. The second kappa shape index (κ2) is 8.16. The van der Waals surface area contributed by atoms with E-state index in [1.807, 2.05) is 0 Å². The number of carbonyl (C=O) groups excluding carboxylic acids is 2. The van der Waals surface area contributed by atoms with Crippen LogP contribution >= 0.6 is 11.6 Å². The quantitative estimate of drug-likeness (QED) is 0.811. The number of aromatic nitrogens is 1. The predicted octanol–water partition coefficient (Wildman–Crippen LogP) is 3.22. The Morgan fingerprint density at radius 3 is 2.63 bits per heavy atom. The highest BCUT2D eigenvalue weighted by atomic mass is 35.5. The molecule has 1 saturated heterocycles. The number of nitrogens with zero attached hydrogens (tertiary/aromatic N) is 3. The average molecular weight is 427 g/mol.